The van der Waals surface area contributed by atoms with Gasteiger partial charge in [0.05, 0.1) is 0 Å². The van der Waals surface area contributed by atoms with Crippen LogP contribution in [-0.4, -0.2) is 31.4 Å². The first kappa shape index (κ1) is 26.6. The van der Waals surface area contributed by atoms with E-state index in [4.69, 9.17) is 0 Å². The second-order valence-electron chi connectivity index (χ2n) is 12.1. The van der Waals surface area contributed by atoms with E-state index in [-0.39, 0.29) is 0 Å². The van der Waals surface area contributed by atoms with Crippen LogP contribution in [0.15, 0.2) is 36.4 Å². The molecule has 0 atom stereocenters. The third kappa shape index (κ3) is 4.52. The molecule has 0 aliphatic carbocycles. The van der Waals surface area contributed by atoms with Crippen molar-refractivity contribution in [3.05, 3.63) is 58.7 Å². The van der Waals surface area contributed by atoms with E-state index in [9.17, 15) is 0 Å². The molecule has 0 unspecified atom stereocenters. The predicted molar refractivity (Wildman–Crippen MR) is 155 cm³/mol. The van der Waals surface area contributed by atoms with Crippen LogP contribution in [0, 0.1) is 0 Å². The molecule has 1 saturated heterocycles. The number of hydrogen-bond donors (Lipinski definition) is 0. The molecule has 5 heteroatoms. The standard InChI is InChI=1S/C28H46GeN2Si2/c1-19(2)23-15-13-16-24(20(3)4)27(23)30-29-31(33(11,12)32(30,9)10)28-25(21(5)6)17-14-18-26(28)22(7)8/h13-22H,1-12H3. The minimum absolute atomic E-state index is 0.488. The predicted octanol–water partition coefficient (Wildman–Crippen LogP) is 8.53. The average Bonchev–Trinajstić information content (AvgIpc) is 2.90. The van der Waals surface area contributed by atoms with Crippen LogP contribution >= 0.6 is 0 Å². The Morgan fingerprint density at radius 2 is 0.758 bits per heavy atom. The molecule has 2 radical (unpaired) electrons. The molecule has 180 valence electrons. The van der Waals surface area contributed by atoms with Crippen LogP contribution in [0.3, 0.4) is 0 Å². The van der Waals surface area contributed by atoms with Crippen LogP contribution in [-0.2, 0) is 0 Å². The fourth-order valence-corrected chi connectivity index (χ4v) is 30.8. The second-order valence-corrected chi connectivity index (χ2v) is 30.7. The first-order chi connectivity index (χ1) is 15.2. The van der Waals surface area contributed by atoms with Gasteiger partial charge >= 0.3 is 214 Å². The molecule has 2 aromatic carbocycles. The molecule has 1 fully saturated rings. The second kappa shape index (κ2) is 9.58. The van der Waals surface area contributed by atoms with Gasteiger partial charge in [-0.2, -0.15) is 0 Å². The molecule has 0 aromatic heterocycles. The maximum absolute atomic E-state index is 3.05. The van der Waals surface area contributed by atoms with Crippen molar-refractivity contribution in [2.24, 2.45) is 0 Å². The van der Waals surface area contributed by atoms with Crippen LogP contribution < -0.4 is 7.05 Å². The normalized spacial score (nSPS) is 17.8. The monoisotopic (exact) mass is 540 g/mol. The summed E-state index contributed by atoms with van der Waals surface area (Å²) in [6.45, 7) is 29.7. The molecule has 0 spiro atoms. The number of rotatable bonds is 6. The summed E-state index contributed by atoms with van der Waals surface area (Å²) in [6, 6.07) is 14.2. The van der Waals surface area contributed by atoms with Gasteiger partial charge in [-0.25, -0.2) is 0 Å². The van der Waals surface area contributed by atoms with E-state index in [1.165, 1.54) is 0 Å². The van der Waals surface area contributed by atoms with Crippen molar-refractivity contribution in [2.75, 3.05) is 7.05 Å². The van der Waals surface area contributed by atoms with Crippen molar-refractivity contribution in [3.63, 3.8) is 0 Å². The van der Waals surface area contributed by atoms with Crippen LogP contribution in [0.5, 0.6) is 0 Å². The van der Waals surface area contributed by atoms with Gasteiger partial charge < -0.3 is 0 Å². The van der Waals surface area contributed by atoms with Gasteiger partial charge in [0.15, 0.2) is 0 Å². The number of anilines is 2. The summed E-state index contributed by atoms with van der Waals surface area (Å²) in [6.07, 6.45) is 0. The minimum atomic E-state index is -1.70. The van der Waals surface area contributed by atoms with Gasteiger partial charge in [0.25, 0.3) is 0 Å². The van der Waals surface area contributed by atoms with Crippen molar-refractivity contribution in [2.45, 2.75) is 105 Å². The van der Waals surface area contributed by atoms with Crippen molar-refractivity contribution in [3.8, 4) is 0 Å². The molecule has 1 heterocycles. The van der Waals surface area contributed by atoms with E-state index in [2.05, 4.69) is 125 Å². The summed E-state index contributed by atoms with van der Waals surface area (Å²) >= 11 is -0.488. The molecule has 3 rings (SSSR count). The first-order valence-electron chi connectivity index (χ1n) is 12.9. The Morgan fingerprint density at radius 1 is 0.515 bits per heavy atom. The van der Waals surface area contributed by atoms with E-state index in [0.717, 1.165) is 0 Å². The van der Waals surface area contributed by atoms with Crippen molar-refractivity contribution < 1.29 is 0 Å². The topological polar surface area (TPSA) is 6.48 Å². The number of benzene rings is 2. The van der Waals surface area contributed by atoms with E-state index < -0.39 is 31.4 Å². The molecule has 0 bridgehead atoms. The summed E-state index contributed by atoms with van der Waals surface area (Å²) in [5.41, 5.74) is 9.43. The van der Waals surface area contributed by atoms with Gasteiger partial charge in [0.1, 0.15) is 0 Å². The first-order valence-corrected chi connectivity index (χ1v) is 21.6. The number of nitrogens with zero attached hydrogens (tertiary/aromatic N) is 2. The molecule has 1 aliphatic heterocycles. The zero-order valence-electron chi connectivity index (χ0n) is 23.2. The average molecular weight is 539 g/mol. The molecule has 2 aromatic rings. The van der Waals surface area contributed by atoms with Gasteiger partial charge in [0.2, 0.25) is 0 Å². The summed E-state index contributed by atoms with van der Waals surface area (Å²) in [5.74, 6) is 2.18. The Morgan fingerprint density at radius 3 is 0.970 bits per heavy atom. The van der Waals surface area contributed by atoms with E-state index in [1.807, 2.05) is 0 Å². The van der Waals surface area contributed by atoms with Gasteiger partial charge in [-0.15, -0.1) is 0 Å². The summed E-state index contributed by atoms with van der Waals surface area (Å²) in [7, 11) is -3.40. The van der Waals surface area contributed by atoms with E-state index in [1.54, 1.807) is 33.6 Å². The Kier molecular flexibility index (Phi) is 7.73. The molecule has 2 nitrogen and oxygen atoms in total. The summed E-state index contributed by atoms with van der Waals surface area (Å²) < 4.78 is 6.09. The molecular weight excluding hydrogens is 493 g/mol. The van der Waals surface area contributed by atoms with E-state index in [0.29, 0.717) is 23.7 Å². The van der Waals surface area contributed by atoms with Crippen LogP contribution in [0.2, 0.25) is 26.2 Å². The molecule has 33 heavy (non-hydrogen) atoms. The zero-order chi connectivity index (χ0) is 24.9. The Hall–Kier alpha value is -0.983. The fourth-order valence-electron chi connectivity index (χ4n) is 5.10. The maximum atomic E-state index is 3.05. The van der Waals surface area contributed by atoms with Gasteiger partial charge in [-0.3, -0.25) is 0 Å². The van der Waals surface area contributed by atoms with Crippen molar-refractivity contribution in [1.82, 2.24) is 0 Å². The van der Waals surface area contributed by atoms with Gasteiger partial charge in [0, 0.05) is 0 Å². The Bertz CT molecular complexity index is 863. The summed E-state index contributed by atoms with van der Waals surface area (Å²) in [4.78, 5) is 0. The molecular formula is C28H46GeN2Si2. The SMILES string of the molecule is CC(C)c1cccc(C(C)C)c1[N]1[Ge][N](c2c(C(C)C)cccc2C(C)C)[Si](C)(C)[Si]1(C)C. The molecule has 1 aliphatic rings. The molecule has 0 saturated carbocycles. The van der Waals surface area contributed by atoms with Gasteiger partial charge in [-0.1, -0.05) is 0 Å². The number of hydrogen-bond acceptors (Lipinski definition) is 2. The summed E-state index contributed by atoms with van der Waals surface area (Å²) in [5, 5.41) is 0. The third-order valence-electron chi connectivity index (χ3n) is 7.95. The quantitative estimate of drug-likeness (QED) is 0.340. The molecule has 0 amide bonds. The third-order valence-corrected chi connectivity index (χ3v) is 36.6. The Labute approximate surface area is 213 Å². The molecule has 0 N–H and O–H groups in total. The van der Waals surface area contributed by atoms with Crippen molar-refractivity contribution >= 4 is 42.8 Å². The van der Waals surface area contributed by atoms with Crippen LogP contribution in [0.25, 0.3) is 0 Å². The van der Waals surface area contributed by atoms with E-state index >= 15 is 0 Å². The van der Waals surface area contributed by atoms with Gasteiger partial charge in [-0.05, 0) is 0 Å². The van der Waals surface area contributed by atoms with Crippen LogP contribution in [0.1, 0.15) is 101 Å². The number of para-hydroxylation sites is 2. The Balaban J connectivity index is 2.29. The zero-order valence-corrected chi connectivity index (χ0v) is 27.3. The fraction of sp³-hybridized carbons (Fsp3) is 0.571. The van der Waals surface area contributed by atoms with Crippen molar-refractivity contribution in [1.29, 1.82) is 0 Å². The van der Waals surface area contributed by atoms with Crippen LogP contribution in [0.4, 0.5) is 11.4 Å².